The fourth-order valence-corrected chi connectivity index (χ4v) is 2.19. The quantitative estimate of drug-likeness (QED) is 0.217. The van der Waals surface area contributed by atoms with Gasteiger partial charge in [-0.3, -0.25) is 9.05 Å². The first-order chi connectivity index (χ1) is 10.1. The third-order valence-electron chi connectivity index (χ3n) is 2.74. The first kappa shape index (κ1) is 21.9. The van der Waals surface area contributed by atoms with Crippen LogP contribution >= 0.6 is 7.82 Å². The summed E-state index contributed by atoms with van der Waals surface area (Å²) in [5.74, 6) is 0. The molecule has 0 fully saturated rings. The van der Waals surface area contributed by atoms with Crippen LogP contribution in [0.2, 0.25) is 0 Å². The zero-order chi connectivity index (χ0) is 17.3. The lowest BCUT2D eigenvalue weighted by molar-refractivity contribution is -0.0870. The fraction of sp³-hybridized carbons (Fsp3) is 1.00. The Morgan fingerprint density at radius 2 is 1.59 bits per heavy atom. The molecule has 6 N–H and O–H groups in total. The number of ether oxygens (including phenoxy) is 1. The van der Waals surface area contributed by atoms with Gasteiger partial charge in [-0.25, -0.2) is 4.57 Å². The average molecular weight is 348 g/mol. The third kappa shape index (κ3) is 9.11. The van der Waals surface area contributed by atoms with Gasteiger partial charge < -0.3 is 35.2 Å². The molecule has 10 nitrogen and oxygen atoms in total. The number of rotatable bonds is 12. The van der Waals surface area contributed by atoms with Crippen molar-refractivity contribution in [3.8, 4) is 0 Å². The molecule has 0 aliphatic carbocycles. The van der Waals surface area contributed by atoms with Crippen molar-refractivity contribution in [1.82, 2.24) is 0 Å². The van der Waals surface area contributed by atoms with E-state index in [0.717, 1.165) is 0 Å². The normalized spacial score (nSPS) is 21.6. The molecule has 0 aliphatic rings. The zero-order valence-electron chi connectivity index (χ0n) is 12.5. The van der Waals surface area contributed by atoms with Gasteiger partial charge in [0.1, 0.15) is 18.3 Å². The average Bonchev–Trinajstić information content (AvgIpc) is 2.44. The highest BCUT2D eigenvalue weighted by atomic mass is 31.2. The number of methoxy groups -OCH3 is 1. The lowest BCUT2D eigenvalue weighted by Crippen LogP contribution is -2.41. The van der Waals surface area contributed by atoms with E-state index in [1.54, 1.807) is 0 Å². The minimum absolute atomic E-state index is 0.183. The van der Waals surface area contributed by atoms with Crippen molar-refractivity contribution in [3.05, 3.63) is 0 Å². The van der Waals surface area contributed by atoms with E-state index >= 15 is 0 Å². The summed E-state index contributed by atoms with van der Waals surface area (Å²) in [5.41, 5.74) is 0. The van der Waals surface area contributed by atoms with Crippen molar-refractivity contribution in [3.63, 3.8) is 0 Å². The highest BCUT2D eigenvalue weighted by molar-refractivity contribution is 7.47. The third-order valence-corrected chi connectivity index (χ3v) is 3.69. The molecular weight excluding hydrogens is 323 g/mol. The molecule has 6 atom stereocenters. The SMILES string of the molecule is CO[C@H](CO)COP(=O)(O)OC[C@@H](O)C(O)C(O)C[C@H](C)O. The summed E-state index contributed by atoms with van der Waals surface area (Å²) in [7, 11) is -3.24. The molecule has 0 heterocycles. The molecule has 0 saturated carbocycles. The number of aliphatic hydroxyl groups is 5. The Kier molecular flexibility index (Phi) is 10.5. The molecule has 0 aromatic heterocycles. The first-order valence-corrected chi connectivity index (χ1v) is 8.10. The second-order valence-electron chi connectivity index (χ2n) is 4.81. The molecule has 0 aromatic rings. The van der Waals surface area contributed by atoms with E-state index < -0.39 is 58.2 Å². The van der Waals surface area contributed by atoms with E-state index in [2.05, 4.69) is 9.05 Å². The van der Waals surface area contributed by atoms with Gasteiger partial charge in [-0.05, 0) is 6.92 Å². The summed E-state index contributed by atoms with van der Waals surface area (Å²) < 4.78 is 25.2. The number of hydrogen-bond acceptors (Lipinski definition) is 9. The summed E-state index contributed by atoms with van der Waals surface area (Å²) in [5, 5.41) is 46.5. The summed E-state index contributed by atoms with van der Waals surface area (Å²) in [6, 6.07) is 0. The topological polar surface area (TPSA) is 166 Å². The lowest BCUT2D eigenvalue weighted by atomic mass is 10.0. The summed E-state index contributed by atoms with van der Waals surface area (Å²) in [6.07, 6.45) is -6.64. The smallest absolute Gasteiger partial charge is 0.394 e. The van der Waals surface area contributed by atoms with E-state index in [1.807, 2.05) is 0 Å². The first-order valence-electron chi connectivity index (χ1n) is 6.60. The molecule has 0 rings (SSSR count). The van der Waals surface area contributed by atoms with Gasteiger partial charge in [-0.15, -0.1) is 0 Å². The lowest BCUT2D eigenvalue weighted by Gasteiger charge is -2.24. The second kappa shape index (κ2) is 10.6. The summed E-state index contributed by atoms with van der Waals surface area (Å²) in [4.78, 5) is 9.35. The van der Waals surface area contributed by atoms with Gasteiger partial charge in [0.05, 0.1) is 32.0 Å². The van der Waals surface area contributed by atoms with E-state index in [1.165, 1.54) is 14.0 Å². The number of phosphoric acid groups is 1. The molecule has 134 valence electrons. The van der Waals surface area contributed by atoms with Crippen LogP contribution in [0.5, 0.6) is 0 Å². The van der Waals surface area contributed by atoms with Crippen LogP contribution in [-0.2, 0) is 18.3 Å². The van der Waals surface area contributed by atoms with Crippen LogP contribution in [0.1, 0.15) is 13.3 Å². The Labute approximate surface area is 128 Å². The van der Waals surface area contributed by atoms with Crippen LogP contribution in [-0.4, -0.2) is 87.9 Å². The van der Waals surface area contributed by atoms with E-state index in [0.29, 0.717) is 0 Å². The van der Waals surface area contributed by atoms with E-state index in [9.17, 15) is 24.8 Å². The molecule has 0 bridgehead atoms. The van der Waals surface area contributed by atoms with Gasteiger partial charge in [0.2, 0.25) is 0 Å². The maximum absolute atomic E-state index is 11.5. The van der Waals surface area contributed by atoms with Crippen molar-refractivity contribution in [2.45, 2.75) is 43.9 Å². The molecule has 3 unspecified atom stereocenters. The van der Waals surface area contributed by atoms with E-state index in [-0.39, 0.29) is 6.42 Å². The minimum Gasteiger partial charge on any atom is -0.394 e. The predicted molar refractivity (Wildman–Crippen MR) is 73.9 cm³/mol. The Hall–Kier alpha value is -0.130. The van der Waals surface area contributed by atoms with Crippen molar-refractivity contribution in [2.24, 2.45) is 0 Å². The minimum atomic E-state index is -4.52. The van der Waals surface area contributed by atoms with Crippen LogP contribution in [0.25, 0.3) is 0 Å². The Balaban J connectivity index is 4.25. The summed E-state index contributed by atoms with van der Waals surface area (Å²) >= 11 is 0. The maximum atomic E-state index is 11.5. The number of phosphoric ester groups is 1. The Bertz CT molecular complexity index is 335. The van der Waals surface area contributed by atoms with Crippen LogP contribution in [0.15, 0.2) is 0 Å². The standard InChI is InChI=1S/C11H25O10P/c1-7(13)3-9(14)11(16)10(15)6-21-22(17,18)20-5-8(4-12)19-2/h7-16H,3-6H2,1-2H3,(H,17,18)/t7-,8+,9?,10+,11?/m0/s1. The molecule has 11 heteroatoms. The molecule has 0 saturated heterocycles. The molecule has 22 heavy (non-hydrogen) atoms. The van der Waals surface area contributed by atoms with Gasteiger partial charge in [-0.1, -0.05) is 0 Å². The molecular formula is C11H25O10P. The molecule has 0 amide bonds. The Morgan fingerprint density at radius 3 is 2.05 bits per heavy atom. The van der Waals surface area contributed by atoms with Gasteiger partial charge in [-0.2, -0.15) is 0 Å². The molecule has 0 radical (unpaired) electrons. The largest absolute Gasteiger partial charge is 0.472 e. The van der Waals surface area contributed by atoms with Crippen molar-refractivity contribution < 1.29 is 48.8 Å². The van der Waals surface area contributed by atoms with Gasteiger partial charge >= 0.3 is 7.82 Å². The summed E-state index contributed by atoms with van der Waals surface area (Å²) in [6.45, 7) is -0.224. The van der Waals surface area contributed by atoms with Crippen molar-refractivity contribution >= 4 is 7.82 Å². The molecule has 0 aliphatic heterocycles. The Morgan fingerprint density at radius 1 is 1.05 bits per heavy atom. The van der Waals surface area contributed by atoms with Gasteiger partial charge in [0, 0.05) is 13.5 Å². The molecule has 0 spiro atoms. The highest BCUT2D eigenvalue weighted by Gasteiger charge is 2.30. The van der Waals surface area contributed by atoms with Crippen LogP contribution in [0, 0.1) is 0 Å². The monoisotopic (exact) mass is 348 g/mol. The molecule has 0 aromatic carbocycles. The number of aliphatic hydroxyl groups excluding tert-OH is 5. The van der Waals surface area contributed by atoms with Crippen molar-refractivity contribution in [1.29, 1.82) is 0 Å². The predicted octanol–water partition coefficient (Wildman–Crippen LogP) is -2.02. The zero-order valence-corrected chi connectivity index (χ0v) is 13.4. The van der Waals surface area contributed by atoms with Crippen molar-refractivity contribution in [2.75, 3.05) is 26.9 Å². The maximum Gasteiger partial charge on any atom is 0.472 e. The van der Waals surface area contributed by atoms with Crippen LogP contribution in [0.3, 0.4) is 0 Å². The fourth-order valence-electron chi connectivity index (χ4n) is 1.42. The van der Waals surface area contributed by atoms with Gasteiger partial charge in [0.15, 0.2) is 0 Å². The van der Waals surface area contributed by atoms with Crippen LogP contribution in [0.4, 0.5) is 0 Å². The number of hydrogen-bond donors (Lipinski definition) is 6. The highest BCUT2D eigenvalue weighted by Crippen LogP contribution is 2.43. The van der Waals surface area contributed by atoms with Gasteiger partial charge in [0.25, 0.3) is 0 Å². The van der Waals surface area contributed by atoms with E-state index in [4.69, 9.17) is 14.9 Å². The van der Waals surface area contributed by atoms with Crippen LogP contribution < -0.4 is 0 Å². The second-order valence-corrected chi connectivity index (χ2v) is 6.26.